The van der Waals surface area contributed by atoms with Crippen molar-refractivity contribution in [3.63, 3.8) is 0 Å². The molecule has 1 aromatic carbocycles. The van der Waals surface area contributed by atoms with Gasteiger partial charge in [-0.3, -0.25) is 0 Å². The van der Waals surface area contributed by atoms with Crippen LogP contribution in [0.2, 0.25) is 0 Å². The number of nitrogens with zero attached hydrogens (tertiary/aromatic N) is 1. The number of benzene rings is 1. The lowest BCUT2D eigenvalue weighted by Crippen LogP contribution is -2.56. The van der Waals surface area contributed by atoms with Crippen LogP contribution < -0.4 is 9.64 Å². The second kappa shape index (κ2) is 6.81. The monoisotopic (exact) mass is 319 g/mol. The SMILES string of the molecule is CCCC[C@H](C(=O)O)N1c2c(OC)cccc2[C@@H](C)CC1(C)C. The highest BCUT2D eigenvalue weighted by molar-refractivity contribution is 5.82. The molecule has 0 fully saturated rings. The summed E-state index contributed by atoms with van der Waals surface area (Å²) in [5.74, 6) is 0.398. The Labute approximate surface area is 139 Å². The van der Waals surface area contributed by atoms with Crippen molar-refractivity contribution in [1.29, 1.82) is 0 Å². The molecule has 2 rings (SSSR count). The molecule has 1 heterocycles. The quantitative estimate of drug-likeness (QED) is 0.842. The van der Waals surface area contributed by atoms with Crippen molar-refractivity contribution in [2.75, 3.05) is 12.0 Å². The molecular formula is C19H29NO3. The highest BCUT2D eigenvalue weighted by atomic mass is 16.5. The van der Waals surface area contributed by atoms with Gasteiger partial charge in [0, 0.05) is 5.54 Å². The van der Waals surface area contributed by atoms with Gasteiger partial charge in [-0.25, -0.2) is 4.79 Å². The lowest BCUT2D eigenvalue weighted by molar-refractivity contribution is -0.139. The van der Waals surface area contributed by atoms with Gasteiger partial charge in [-0.05, 0) is 44.2 Å². The van der Waals surface area contributed by atoms with Gasteiger partial charge >= 0.3 is 5.97 Å². The fourth-order valence-corrected chi connectivity index (χ4v) is 3.96. The molecule has 4 heteroatoms. The number of rotatable bonds is 6. The zero-order chi connectivity index (χ0) is 17.2. The molecule has 23 heavy (non-hydrogen) atoms. The second-order valence-corrected chi connectivity index (χ2v) is 7.18. The number of aliphatic carboxylic acids is 1. The molecule has 2 atom stereocenters. The summed E-state index contributed by atoms with van der Waals surface area (Å²) in [6, 6.07) is 5.50. The van der Waals surface area contributed by atoms with E-state index in [9.17, 15) is 9.90 Å². The number of para-hydroxylation sites is 1. The fourth-order valence-electron chi connectivity index (χ4n) is 3.96. The van der Waals surface area contributed by atoms with E-state index in [1.807, 2.05) is 12.1 Å². The largest absolute Gasteiger partial charge is 0.495 e. The first-order valence-electron chi connectivity index (χ1n) is 8.52. The van der Waals surface area contributed by atoms with Gasteiger partial charge in [0.05, 0.1) is 12.8 Å². The first-order valence-corrected chi connectivity index (χ1v) is 8.52. The van der Waals surface area contributed by atoms with Crippen molar-refractivity contribution in [3.05, 3.63) is 23.8 Å². The maximum atomic E-state index is 12.0. The van der Waals surface area contributed by atoms with Gasteiger partial charge in [-0.15, -0.1) is 0 Å². The van der Waals surface area contributed by atoms with Crippen LogP contribution >= 0.6 is 0 Å². The molecule has 4 nitrogen and oxygen atoms in total. The molecule has 128 valence electrons. The maximum absolute atomic E-state index is 12.0. The number of anilines is 1. The smallest absolute Gasteiger partial charge is 0.326 e. The van der Waals surface area contributed by atoms with Gasteiger partial charge in [-0.2, -0.15) is 0 Å². The second-order valence-electron chi connectivity index (χ2n) is 7.18. The lowest BCUT2D eigenvalue weighted by atomic mass is 9.78. The van der Waals surface area contributed by atoms with Crippen LogP contribution in [0.25, 0.3) is 0 Å². The summed E-state index contributed by atoms with van der Waals surface area (Å²) in [5.41, 5.74) is 1.92. The molecule has 0 aliphatic carbocycles. The first-order chi connectivity index (χ1) is 10.8. The predicted molar refractivity (Wildman–Crippen MR) is 93.5 cm³/mol. The molecule has 0 unspecified atom stereocenters. The number of hydrogen-bond acceptors (Lipinski definition) is 3. The predicted octanol–water partition coefficient (Wildman–Crippen LogP) is 4.43. The van der Waals surface area contributed by atoms with E-state index in [2.05, 4.69) is 38.7 Å². The van der Waals surface area contributed by atoms with E-state index in [-0.39, 0.29) is 5.54 Å². The van der Waals surface area contributed by atoms with E-state index in [4.69, 9.17) is 4.74 Å². The summed E-state index contributed by atoms with van der Waals surface area (Å²) in [6.07, 6.45) is 3.49. The van der Waals surface area contributed by atoms with Crippen molar-refractivity contribution in [2.24, 2.45) is 0 Å². The van der Waals surface area contributed by atoms with Crippen LogP contribution in [-0.2, 0) is 4.79 Å². The Morgan fingerprint density at radius 3 is 2.74 bits per heavy atom. The van der Waals surface area contributed by atoms with Crippen LogP contribution in [0.1, 0.15) is 64.9 Å². The van der Waals surface area contributed by atoms with Crippen LogP contribution in [0, 0.1) is 0 Å². The highest BCUT2D eigenvalue weighted by Gasteiger charge is 2.43. The minimum atomic E-state index is -0.752. The van der Waals surface area contributed by atoms with Gasteiger partial charge in [0.1, 0.15) is 11.8 Å². The van der Waals surface area contributed by atoms with Gasteiger partial charge in [0.2, 0.25) is 0 Å². The Morgan fingerprint density at radius 1 is 1.48 bits per heavy atom. The normalized spacial score (nSPS) is 20.7. The Kier molecular flexibility index (Phi) is 5.23. The molecule has 0 amide bonds. The molecular weight excluding hydrogens is 290 g/mol. The average molecular weight is 319 g/mol. The Morgan fingerprint density at radius 2 is 2.17 bits per heavy atom. The number of ether oxygens (including phenoxy) is 1. The van der Waals surface area contributed by atoms with Crippen LogP contribution in [0.3, 0.4) is 0 Å². The van der Waals surface area contributed by atoms with Gasteiger partial charge < -0.3 is 14.7 Å². The van der Waals surface area contributed by atoms with Gasteiger partial charge in [0.25, 0.3) is 0 Å². The summed E-state index contributed by atoms with van der Waals surface area (Å²) in [5, 5.41) is 9.86. The van der Waals surface area contributed by atoms with Crippen molar-refractivity contribution >= 4 is 11.7 Å². The topological polar surface area (TPSA) is 49.8 Å². The van der Waals surface area contributed by atoms with Crippen molar-refractivity contribution < 1.29 is 14.6 Å². The average Bonchev–Trinajstić information content (AvgIpc) is 2.48. The van der Waals surface area contributed by atoms with E-state index in [0.717, 1.165) is 30.7 Å². The Balaban J connectivity index is 2.60. The number of carboxylic acids is 1. The minimum Gasteiger partial charge on any atom is -0.495 e. The molecule has 0 spiro atoms. The number of carboxylic acid groups (broad SMARTS) is 1. The summed E-state index contributed by atoms with van der Waals surface area (Å²) in [6.45, 7) is 8.58. The summed E-state index contributed by atoms with van der Waals surface area (Å²) in [4.78, 5) is 14.1. The molecule has 0 radical (unpaired) electrons. The standard InChI is InChI=1S/C19H29NO3/c1-6-7-10-15(18(21)22)20-17-14(9-8-11-16(17)23-5)13(2)12-19(20,3)4/h8-9,11,13,15H,6-7,10,12H2,1-5H3,(H,21,22)/t13-,15+/m0/s1. The van der Waals surface area contributed by atoms with Crippen LogP contribution in [0.4, 0.5) is 5.69 Å². The Bertz CT molecular complexity index is 568. The fraction of sp³-hybridized carbons (Fsp3) is 0.632. The van der Waals surface area contributed by atoms with E-state index >= 15 is 0 Å². The number of hydrogen-bond donors (Lipinski definition) is 1. The molecule has 0 saturated heterocycles. The van der Waals surface area contributed by atoms with Crippen molar-refractivity contribution in [1.82, 2.24) is 0 Å². The van der Waals surface area contributed by atoms with E-state index < -0.39 is 12.0 Å². The summed E-state index contributed by atoms with van der Waals surface area (Å²) in [7, 11) is 1.65. The molecule has 1 aromatic rings. The first kappa shape index (κ1) is 17.6. The van der Waals surface area contributed by atoms with E-state index in [0.29, 0.717) is 12.3 Å². The number of unbranched alkanes of at least 4 members (excludes halogenated alkanes) is 1. The third-order valence-corrected chi connectivity index (χ3v) is 4.91. The molecule has 1 aliphatic heterocycles. The van der Waals surface area contributed by atoms with Gasteiger partial charge in [-0.1, -0.05) is 38.8 Å². The minimum absolute atomic E-state index is 0.224. The molecule has 1 aliphatic rings. The number of carbonyl (C=O) groups is 1. The molecule has 1 N–H and O–H groups in total. The number of methoxy groups -OCH3 is 1. The zero-order valence-corrected chi connectivity index (χ0v) is 14.9. The molecule has 0 aromatic heterocycles. The zero-order valence-electron chi connectivity index (χ0n) is 14.9. The maximum Gasteiger partial charge on any atom is 0.326 e. The summed E-state index contributed by atoms with van der Waals surface area (Å²) >= 11 is 0. The van der Waals surface area contributed by atoms with Crippen LogP contribution in [0.5, 0.6) is 5.75 Å². The molecule has 0 saturated carbocycles. The van der Waals surface area contributed by atoms with Crippen LogP contribution in [-0.4, -0.2) is 29.8 Å². The van der Waals surface area contributed by atoms with Crippen molar-refractivity contribution in [2.45, 2.75) is 70.9 Å². The van der Waals surface area contributed by atoms with Crippen molar-refractivity contribution in [3.8, 4) is 5.75 Å². The van der Waals surface area contributed by atoms with E-state index in [1.54, 1.807) is 7.11 Å². The third kappa shape index (κ3) is 3.31. The third-order valence-electron chi connectivity index (χ3n) is 4.91. The summed E-state index contributed by atoms with van der Waals surface area (Å²) < 4.78 is 5.58. The number of fused-ring (bicyclic) bond motifs is 1. The lowest BCUT2D eigenvalue weighted by Gasteiger charge is -2.50. The highest BCUT2D eigenvalue weighted by Crippen LogP contribution is 2.49. The van der Waals surface area contributed by atoms with E-state index in [1.165, 1.54) is 5.56 Å². The van der Waals surface area contributed by atoms with Gasteiger partial charge in [0.15, 0.2) is 0 Å². The van der Waals surface area contributed by atoms with Crippen LogP contribution in [0.15, 0.2) is 18.2 Å². The Hall–Kier alpha value is -1.71. The molecule has 0 bridgehead atoms.